The zero-order chi connectivity index (χ0) is 23.9. The van der Waals surface area contributed by atoms with Crippen LogP contribution in [0, 0.1) is 5.92 Å². The fourth-order valence-corrected chi connectivity index (χ4v) is 6.67. The van der Waals surface area contributed by atoms with Crippen LogP contribution in [-0.2, 0) is 22.4 Å². The molecule has 184 valence electrons. The van der Waals surface area contributed by atoms with Gasteiger partial charge in [0.2, 0.25) is 5.91 Å². The summed E-state index contributed by atoms with van der Waals surface area (Å²) in [6, 6.07) is 9.80. The lowest BCUT2D eigenvalue weighted by molar-refractivity contribution is -0.118. The lowest BCUT2D eigenvalue weighted by atomic mass is 9.88. The SMILES string of the molecule is CCOC(=O)c1c(NC(=O)[C@@H](NC2CCCCCCC2)c2ccccc2)sc2c1CC[C@@H](C)C2. The number of carbonyl (C=O) groups is 2. The molecule has 2 aliphatic rings. The van der Waals surface area contributed by atoms with Gasteiger partial charge in [0, 0.05) is 10.9 Å². The highest BCUT2D eigenvalue weighted by Crippen LogP contribution is 2.40. The smallest absolute Gasteiger partial charge is 0.341 e. The van der Waals surface area contributed by atoms with Crippen LogP contribution in [0.1, 0.15) is 97.6 Å². The minimum atomic E-state index is -0.460. The van der Waals surface area contributed by atoms with E-state index in [1.54, 1.807) is 11.3 Å². The second-order valence-electron chi connectivity index (χ2n) is 9.82. The van der Waals surface area contributed by atoms with Crippen LogP contribution in [-0.4, -0.2) is 24.5 Å². The number of hydrogen-bond donors (Lipinski definition) is 2. The van der Waals surface area contributed by atoms with E-state index in [4.69, 9.17) is 4.74 Å². The maximum atomic E-state index is 13.7. The predicted molar refractivity (Wildman–Crippen MR) is 139 cm³/mol. The molecule has 4 rings (SSSR count). The van der Waals surface area contributed by atoms with Gasteiger partial charge in [0.05, 0.1) is 12.2 Å². The van der Waals surface area contributed by atoms with Crippen LogP contribution in [0.3, 0.4) is 0 Å². The van der Waals surface area contributed by atoms with Gasteiger partial charge < -0.3 is 10.1 Å². The Bertz CT molecular complexity index is 964. The fraction of sp³-hybridized carbons (Fsp3) is 0.571. The third kappa shape index (κ3) is 6.08. The molecule has 34 heavy (non-hydrogen) atoms. The van der Waals surface area contributed by atoms with Gasteiger partial charge in [-0.2, -0.15) is 0 Å². The highest BCUT2D eigenvalue weighted by Gasteiger charge is 2.31. The zero-order valence-electron chi connectivity index (χ0n) is 20.5. The Morgan fingerprint density at radius 2 is 1.76 bits per heavy atom. The van der Waals surface area contributed by atoms with Crippen molar-refractivity contribution in [3.05, 3.63) is 51.9 Å². The van der Waals surface area contributed by atoms with E-state index in [1.165, 1.54) is 37.0 Å². The van der Waals surface area contributed by atoms with Crippen molar-refractivity contribution in [2.45, 2.75) is 90.1 Å². The van der Waals surface area contributed by atoms with E-state index in [0.717, 1.165) is 43.2 Å². The van der Waals surface area contributed by atoms with E-state index in [0.29, 0.717) is 29.1 Å². The molecule has 1 aromatic carbocycles. The summed E-state index contributed by atoms with van der Waals surface area (Å²) in [4.78, 5) is 27.8. The summed E-state index contributed by atoms with van der Waals surface area (Å²) in [6.07, 6.45) is 11.3. The number of benzene rings is 1. The molecule has 0 radical (unpaired) electrons. The first-order valence-corrected chi connectivity index (χ1v) is 13.8. The molecule has 2 aliphatic carbocycles. The lowest BCUT2D eigenvalue weighted by Crippen LogP contribution is -2.40. The Balaban J connectivity index is 1.60. The normalized spacial score (nSPS) is 20.0. The summed E-state index contributed by atoms with van der Waals surface area (Å²) in [7, 11) is 0. The quantitative estimate of drug-likeness (QED) is 0.446. The molecule has 2 N–H and O–H groups in total. The summed E-state index contributed by atoms with van der Waals surface area (Å²) in [5.74, 6) is 0.155. The minimum absolute atomic E-state index is 0.106. The van der Waals surface area contributed by atoms with Crippen LogP contribution in [0.2, 0.25) is 0 Å². The third-order valence-corrected chi connectivity index (χ3v) is 8.30. The van der Waals surface area contributed by atoms with Gasteiger partial charge >= 0.3 is 5.97 Å². The summed E-state index contributed by atoms with van der Waals surface area (Å²) in [5.41, 5.74) is 2.59. The Kier molecular flexibility index (Phi) is 8.79. The van der Waals surface area contributed by atoms with Crippen molar-refractivity contribution in [1.29, 1.82) is 0 Å². The Hall–Kier alpha value is -2.18. The molecule has 6 heteroatoms. The van der Waals surface area contributed by atoms with E-state index in [2.05, 4.69) is 17.6 Å². The van der Waals surface area contributed by atoms with Crippen molar-refractivity contribution in [2.24, 2.45) is 5.92 Å². The van der Waals surface area contributed by atoms with E-state index in [1.807, 2.05) is 37.3 Å². The first kappa shape index (κ1) is 24.9. The molecule has 0 aliphatic heterocycles. The number of nitrogens with one attached hydrogen (secondary N) is 2. The van der Waals surface area contributed by atoms with Gasteiger partial charge in [-0.25, -0.2) is 4.79 Å². The van der Waals surface area contributed by atoms with Crippen molar-refractivity contribution in [1.82, 2.24) is 5.32 Å². The first-order valence-electron chi connectivity index (χ1n) is 13.0. The molecule has 1 amide bonds. The van der Waals surface area contributed by atoms with E-state index < -0.39 is 6.04 Å². The highest BCUT2D eigenvalue weighted by molar-refractivity contribution is 7.17. The molecule has 1 aromatic heterocycles. The maximum absolute atomic E-state index is 13.7. The second kappa shape index (κ2) is 12.0. The van der Waals surface area contributed by atoms with Crippen molar-refractivity contribution in [2.75, 3.05) is 11.9 Å². The van der Waals surface area contributed by atoms with Gasteiger partial charge in [0.25, 0.3) is 0 Å². The lowest BCUT2D eigenvalue weighted by Gasteiger charge is -2.27. The van der Waals surface area contributed by atoms with Crippen LogP contribution in [0.4, 0.5) is 5.00 Å². The van der Waals surface area contributed by atoms with Crippen LogP contribution in [0.5, 0.6) is 0 Å². The molecule has 0 spiro atoms. The molecular weight excluding hydrogens is 444 g/mol. The molecule has 1 fully saturated rings. The second-order valence-corrected chi connectivity index (χ2v) is 10.9. The average molecular weight is 483 g/mol. The van der Waals surface area contributed by atoms with Crippen LogP contribution < -0.4 is 10.6 Å². The number of thiophene rings is 1. The molecule has 5 nitrogen and oxygen atoms in total. The van der Waals surface area contributed by atoms with Crippen molar-refractivity contribution in [3.8, 4) is 0 Å². The van der Waals surface area contributed by atoms with E-state index >= 15 is 0 Å². The highest BCUT2D eigenvalue weighted by atomic mass is 32.1. The number of amides is 1. The number of rotatable bonds is 7. The molecular formula is C28H38N2O3S. The average Bonchev–Trinajstić information content (AvgIpc) is 3.15. The number of ether oxygens (including phenoxy) is 1. The van der Waals surface area contributed by atoms with Crippen LogP contribution in [0.15, 0.2) is 30.3 Å². The molecule has 2 aromatic rings. The zero-order valence-corrected chi connectivity index (χ0v) is 21.3. The van der Waals surface area contributed by atoms with Gasteiger partial charge in [-0.3, -0.25) is 10.1 Å². The number of carbonyl (C=O) groups excluding carboxylic acids is 2. The molecule has 0 saturated heterocycles. The summed E-state index contributed by atoms with van der Waals surface area (Å²) in [5, 5.41) is 7.47. The van der Waals surface area contributed by atoms with Gasteiger partial charge in [-0.15, -0.1) is 11.3 Å². The number of fused-ring (bicyclic) bond motifs is 1. The largest absolute Gasteiger partial charge is 0.462 e. The van der Waals surface area contributed by atoms with Crippen LogP contribution >= 0.6 is 11.3 Å². The summed E-state index contributed by atoms with van der Waals surface area (Å²) < 4.78 is 5.39. The Morgan fingerprint density at radius 1 is 1.06 bits per heavy atom. The van der Waals surface area contributed by atoms with Crippen molar-refractivity contribution in [3.63, 3.8) is 0 Å². The van der Waals surface area contributed by atoms with Gasteiger partial charge in [0.1, 0.15) is 11.0 Å². The van der Waals surface area contributed by atoms with Crippen LogP contribution in [0.25, 0.3) is 0 Å². The van der Waals surface area contributed by atoms with E-state index in [-0.39, 0.29) is 11.9 Å². The van der Waals surface area contributed by atoms with Gasteiger partial charge in [-0.1, -0.05) is 69.4 Å². The first-order chi connectivity index (χ1) is 16.6. The number of esters is 1. The van der Waals surface area contributed by atoms with E-state index in [9.17, 15) is 9.59 Å². The summed E-state index contributed by atoms with van der Waals surface area (Å²) in [6.45, 7) is 4.39. The Morgan fingerprint density at radius 3 is 2.47 bits per heavy atom. The molecule has 2 atom stereocenters. The van der Waals surface area contributed by atoms with Gasteiger partial charge in [-0.05, 0) is 56.1 Å². The molecule has 1 heterocycles. The minimum Gasteiger partial charge on any atom is -0.462 e. The predicted octanol–water partition coefficient (Wildman–Crippen LogP) is 6.43. The number of hydrogen-bond acceptors (Lipinski definition) is 5. The third-order valence-electron chi connectivity index (χ3n) is 7.13. The standard InChI is InChI=1S/C28H38N2O3S/c1-3-33-28(32)24-22-17-16-19(2)18-23(22)34-27(24)30-26(31)25(20-12-8-7-9-13-20)29-21-14-10-5-4-6-11-15-21/h7-9,12-13,19,21,25,29H,3-6,10-11,14-18H2,1-2H3,(H,30,31)/t19-,25+/m1/s1. The number of anilines is 1. The van der Waals surface area contributed by atoms with Crippen molar-refractivity contribution >= 4 is 28.2 Å². The Labute approximate surface area is 207 Å². The fourth-order valence-electron chi connectivity index (χ4n) is 5.27. The summed E-state index contributed by atoms with van der Waals surface area (Å²) >= 11 is 1.55. The van der Waals surface area contributed by atoms with Crippen molar-refractivity contribution < 1.29 is 14.3 Å². The molecule has 1 saturated carbocycles. The van der Waals surface area contributed by atoms with Gasteiger partial charge in [0.15, 0.2) is 0 Å². The maximum Gasteiger partial charge on any atom is 0.341 e. The topological polar surface area (TPSA) is 67.4 Å². The molecule has 0 bridgehead atoms. The monoisotopic (exact) mass is 482 g/mol. The molecule has 0 unspecified atom stereocenters.